The summed E-state index contributed by atoms with van der Waals surface area (Å²) in [6, 6.07) is 26.0. The van der Waals surface area contributed by atoms with Crippen molar-refractivity contribution >= 4 is 17.4 Å². The Hall–Kier alpha value is -4.45. The Morgan fingerprint density at radius 2 is 1.74 bits per heavy atom. The molecule has 0 aliphatic rings. The van der Waals surface area contributed by atoms with Crippen LogP contribution in [0.2, 0.25) is 0 Å². The lowest BCUT2D eigenvalue weighted by atomic mass is 10.1. The molecule has 5 rings (SSSR count). The maximum Gasteiger partial charge on any atom is 0.259 e. The van der Waals surface area contributed by atoms with Gasteiger partial charge in [-0.05, 0) is 42.5 Å². The third-order valence-corrected chi connectivity index (χ3v) is 4.75. The number of hydrogen-bond acceptors (Lipinski definition) is 4. The minimum Gasteiger partial charge on any atom is -0.457 e. The second-order valence-corrected chi connectivity index (χ2v) is 6.90. The molecule has 5 aromatic rings. The van der Waals surface area contributed by atoms with Gasteiger partial charge in [-0.25, -0.2) is 9.97 Å². The molecule has 2 aromatic heterocycles. The van der Waals surface area contributed by atoms with Gasteiger partial charge in [0.05, 0.1) is 11.3 Å². The second kappa shape index (κ2) is 8.12. The Labute approximate surface area is 178 Å². The molecular formula is C25H18N4O2. The molecule has 3 aromatic carbocycles. The number of aromatic nitrogens is 3. The summed E-state index contributed by atoms with van der Waals surface area (Å²) in [6.07, 6.45) is 5.51. The third-order valence-electron chi connectivity index (χ3n) is 4.75. The molecule has 0 radical (unpaired) electrons. The summed E-state index contributed by atoms with van der Waals surface area (Å²) in [7, 11) is 0. The number of amides is 1. The van der Waals surface area contributed by atoms with Gasteiger partial charge in [0.1, 0.15) is 11.5 Å². The zero-order valence-electron chi connectivity index (χ0n) is 16.5. The van der Waals surface area contributed by atoms with E-state index in [9.17, 15) is 4.79 Å². The van der Waals surface area contributed by atoms with E-state index in [1.807, 2.05) is 89.6 Å². The third kappa shape index (κ3) is 4.00. The number of nitrogens with one attached hydrogen (secondary N) is 1. The van der Waals surface area contributed by atoms with Crippen molar-refractivity contribution in [3.8, 4) is 22.8 Å². The largest absolute Gasteiger partial charge is 0.457 e. The lowest BCUT2D eigenvalue weighted by molar-refractivity contribution is 0.102. The number of rotatable bonds is 5. The van der Waals surface area contributed by atoms with E-state index in [4.69, 9.17) is 4.74 Å². The van der Waals surface area contributed by atoms with Crippen LogP contribution in [0.15, 0.2) is 104 Å². The molecule has 2 heterocycles. The molecule has 0 saturated heterocycles. The number of ether oxygens (including phenoxy) is 1. The second-order valence-electron chi connectivity index (χ2n) is 6.90. The molecule has 0 unspecified atom stereocenters. The highest BCUT2D eigenvalue weighted by Crippen LogP contribution is 2.27. The van der Waals surface area contributed by atoms with Gasteiger partial charge in [0.2, 0.25) is 5.78 Å². The van der Waals surface area contributed by atoms with Gasteiger partial charge < -0.3 is 10.1 Å². The molecule has 6 heteroatoms. The van der Waals surface area contributed by atoms with Crippen molar-refractivity contribution in [3.05, 3.63) is 109 Å². The average Bonchev–Trinajstić information content (AvgIpc) is 3.25. The van der Waals surface area contributed by atoms with Gasteiger partial charge in [0, 0.05) is 29.8 Å². The lowest BCUT2D eigenvalue weighted by Gasteiger charge is -2.12. The van der Waals surface area contributed by atoms with E-state index in [1.54, 1.807) is 18.3 Å². The molecule has 1 amide bonds. The number of para-hydroxylation sites is 2. The number of nitrogens with zero attached hydrogens (tertiary/aromatic N) is 3. The van der Waals surface area contributed by atoms with Gasteiger partial charge in [-0.2, -0.15) is 0 Å². The summed E-state index contributed by atoms with van der Waals surface area (Å²) < 4.78 is 7.77. The van der Waals surface area contributed by atoms with Crippen LogP contribution in [0, 0.1) is 0 Å². The highest BCUT2D eigenvalue weighted by atomic mass is 16.5. The summed E-state index contributed by atoms with van der Waals surface area (Å²) in [5.74, 6) is 1.54. The van der Waals surface area contributed by atoms with Crippen LogP contribution >= 0.6 is 0 Å². The average molecular weight is 406 g/mol. The number of hydrogen-bond donors (Lipinski definition) is 1. The molecule has 0 aliphatic heterocycles. The summed E-state index contributed by atoms with van der Waals surface area (Å²) >= 11 is 0. The predicted molar refractivity (Wildman–Crippen MR) is 119 cm³/mol. The van der Waals surface area contributed by atoms with Crippen LogP contribution in [0.4, 0.5) is 5.69 Å². The van der Waals surface area contributed by atoms with Crippen molar-refractivity contribution in [3.63, 3.8) is 0 Å². The maximum atomic E-state index is 13.0. The fraction of sp³-hybridized carbons (Fsp3) is 0. The van der Waals surface area contributed by atoms with E-state index in [1.165, 1.54) is 0 Å². The van der Waals surface area contributed by atoms with Crippen molar-refractivity contribution in [1.29, 1.82) is 0 Å². The van der Waals surface area contributed by atoms with Crippen molar-refractivity contribution in [2.24, 2.45) is 0 Å². The minimum atomic E-state index is -0.250. The zero-order chi connectivity index (χ0) is 21.0. The molecule has 0 bridgehead atoms. The number of carbonyl (C=O) groups excluding carboxylic acids is 1. The van der Waals surface area contributed by atoms with E-state index in [0.717, 1.165) is 11.3 Å². The molecule has 150 valence electrons. The number of benzene rings is 3. The minimum absolute atomic E-state index is 0.250. The van der Waals surface area contributed by atoms with Crippen LogP contribution in [0.5, 0.6) is 11.5 Å². The molecule has 0 spiro atoms. The van der Waals surface area contributed by atoms with Gasteiger partial charge in [-0.1, -0.05) is 42.5 Å². The Balaban J connectivity index is 1.39. The first-order valence-corrected chi connectivity index (χ1v) is 9.80. The van der Waals surface area contributed by atoms with E-state index in [2.05, 4.69) is 15.3 Å². The predicted octanol–water partition coefficient (Wildman–Crippen LogP) is 5.44. The smallest absolute Gasteiger partial charge is 0.259 e. The molecule has 0 atom stereocenters. The summed E-state index contributed by atoms with van der Waals surface area (Å²) in [5.41, 5.74) is 2.79. The molecule has 31 heavy (non-hydrogen) atoms. The molecular weight excluding hydrogens is 388 g/mol. The number of anilines is 1. The van der Waals surface area contributed by atoms with Crippen LogP contribution in [0.25, 0.3) is 17.0 Å². The van der Waals surface area contributed by atoms with Crippen LogP contribution in [-0.4, -0.2) is 20.3 Å². The van der Waals surface area contributed by atoms with E-state index >= 15 is 0 Å². The van der Waals surface area contributed by atoms with Crippen LogP contribution in [0.3, 0.4) is 0 Å². The van der Waals surface area contributed by atoms with Gasteiger partial charge in [-0.3, -0.25) is 9.20 Å². The van der Waals surface area contributed by atoms with Gasteiger partial charge in [0.25, 0.3) is 5.91 Å². The first-order valence-electron chi connectivity index (χ1n) is 9.80. The highest BCUT2D eigenvalue weighted by molar-refractivity contribution is 6.06. The van der Waals surface area contributed by atoms with E-state index in [-0.39, 0.29) is 5.91 Å². The van der Waals surface area contributed by atoms with E-state index in [0.29, 0.717) is 28.5 Å². The van der Waals surface area contributed by atoms with Crippen molar-refractivity contribution in [2.45, 2.75) is 0 Å². The molecule has 1 N–H and O–H groups in total. The Kier molecular flexibility index (Phi) is 4.86. The number of fused-ring (bicyclic) bond motifs is 1. The first kappa shape index (κ1) is 18.6. The summed E-state index contributed by atoms with van der Waals surface area (Å²) in [4.78, 5) is 21.8. The van der Waals surface area contributed by atoms with Crippen LogP contribution < -0.4 is 10.1 Å². The Morgan fingerprint density at radius 3 is 2.61 bits per heavy atom. The topological polar surface area (TPSA) is 68.5 Å². The standard InChI is InChI=1S/C25H18N4O2/c30-24(21-12-4-5-13-23(21)31-20-10-2-1-3-11-20)27-19-9-6-8-18(16-19)22-17-29-15-7-14-26-25(29)28-22/h1-17H,(H,27,30). The van der Waals surface area contributed by atoms with Gasteiger partial charge in [-0.15, -0.1) is 0 Å². The summed E-state index contributed by atoms with van der Waals surface area (Å²) in [6.45, 7) is 0. The van der Waals surface area contributed by atoms with Crippen LogP contribution in [-0.2, 0) is 0 Å². The first-order chi connectivity index (χ1) is 15.3. The molecule has 0 saturated carbocycles. The number of imidazole rings is 1. The molecule has 0 fully saturated rings. The Bertz CT molecular complexity index is 1330. The molecule has 0 aliphatic carbocycles. The van der Waals surface area contributed by atoms with Crippen molar-refractivity contribution < 1.29 is 9.53 Å². The van der Waals surface area contributed by atoms with Crippen molar-refractivity contribution in [2.75, 3.05) is 5.32 Å². The van der Waals surface area contributed by atoms with Gasteiger partial charge >= 0.3 is 0 Å². The maximum absolute atomic E-state index is 13.0. The summed E-state index contributed by atoms with van der Waals surface area (Å²) in [5, 5.41) is 2.96. The molecule has 6 nitrogen and oxygen atoms in total. The lowest BCUT2D eigenvalue weighted by Crippen LogP contribution is -2.13. The highest BCUT2D eigenvalue weighted by Gasteiger charge is 2.14. The van der Waals surface area contributed by atoms with Gasteiger partial charge in [0.15, 0.2) is 0 Å². The Morgan fingerprint density at radius 1 is 0.903 bits per heavy atom. The zero-order valence-corrected chi connectivity index (χ0v) is 16.5. The van der Waals surface area contributed by atoms with Crippen molar-refractivity contribution in [1.82, 2.24) is 14.4 Å². The normalized spacial score (nSPS) is 10.7. The monoisotopic (exact) mass is 406 g/mol. The fourth-order valence-electron chi connectivity index (χ4n) is 3.28. The van der Waals surface area contributed by atoms with Crippen LogP contribution in [0.1, 0.15) is 10.4 Å². The quantitative estimate of drug-likeness (QED) is 0.422. The number of carbonyl (C=O) groups is 1. The fourth-order valence-corrected chi connectivity index (χ4v) is 3.28. The SMILES string of the molecule is O=C(Nc1cccc(-c2cn3cccnc3n2)c1)c1ccccc1Oc1ccccc1. The van der Waals surface area contributed by atoms with E-state index < -0.39 is 0 Å².